The van der Waals surface area contributed by atoms with Crippen molar-refractivity contribution in [2.75, 3.05) is 0 Å². The third-order valence-electron chi connectivity index (χ3n) is 3.25. The number of Topliss-reactive ketones (excluding diaryl/α,β-unsaturated/α-hetero) is 1. The van der Waals surface area contributed by atoms with Crippen molar-refractivity contribution < 1.29 is 4.79 Å². The number of ketones is 1. The second-order valence-corrected chi connectivity index (χ2v) is 4.62. The van der Waals surface area contributed by atoms with Crippen molar-refractivity contribution in [3.63, 3.8) is 0 Å². The highest BCUT2D eigenvalue weighted by Crippen LogP contribution is 2.19. The van der Waals surface area contributed by atoms with Crippen LogP contribution < -0.4 is 5.73 Å². The van der Waals surface area contributed by atoms with Gasteiger partial charge in [0.2, 0.25) is 0 Å². The van der Waals surface area contributed by atoms with Crippen LogP contribution in [0.4, 0.5) is 0 Å². The minimum absolute atomic E-state index is 0.312. The Labute approximate surface area is 114 Å². The summed E-state index contributed by atoms with van der Waals surface area (Å²) < 4.78 is 0. The predicted molar refractivity (Wildman–Crippen MR) is 78.0 cm³/mol. The summed E-state index contributed by atoms with van der Waals surface area (Å²) in [5.74, 6) is 0.312. The lowest BCUT2D eigenvalue weighted by molar-refractivity contribution is 0.0972. The van der Waals surface area contributed by atoms with Crippen molar-refractivity contribution in [3.05, 3.63) is 71.3 Å². The maximum Gasteiger partial charge on any atom is 0.163 e. The van der Waals surface area contributed by atoms with E-state index in [1.165, 1.54) is 11.1 Å². The molecule has 1 aliphatic rings. The number of fused-ring (bicyclic) bond motifs is 1. The molecule has 0 spiro atoms. The summed E-state index contributed by atoms with van der Waals surface area (Å²) in [6, 6.07) is 17.9. The fourth-order valence-corrected chi connectivity index (χ4v) is 2.20. The topological polar surface area (TPSA) is 43.1 Å². The molecule has 19 heavy (non-hydrogen) atoms. The van der Waals surface area contributed by atoms with Gasteiger partial charge in [0, 0.05) is 18.5 Å². The number of rotatable bonds is 1. The molecule has 2 aromatic rings. The molecule has 98 valence electrons. The number of carbonyl (C=O) groups excluding carboxylic acids is 1. The summed E-state index contributed by atoms with van der Waals surface area (Å²) in [6.07, 6.45) is 2.83. The van der Waals surface area contributed by atoms with Gasteiger partial charge in [-0.2, -0.15) is 0 Å². The molecule has 3 rings (SSSR count). The van der Waals surface area contributed by atoms with Crippen molar-refractivity contribution in [3.8, 4) is 0 Å². The summed E-state index contributed by atoms with van der Waals surface area (Å²) >= 11 is 0. The minimum Gasteiger partial charge on any atom is -0.326 e. The van der Waals surface area contributed by atoms with Gasteiger partial charge in [-0.3, -0.25) is 4.79 Å². The van der Waals surface area contributed by atoms with Gasteiger partial charge in [0.05, 0.1) is 0 Å². The fourth-order valence-electron chi connectivity index (χ4n) is 2.20. The van der Waals surface area contributed by atoms with Gasteiger partial charge in [-0.1, -0.05) is 54.6 Å². The quantitative estimate of drug-likeness (QED) is 0.847. The maximum atomic E-state index is 11.3. The molecule has 0 aliphatic heterocycles. The molecule has 0 fully saturated rings. The van der Waals surface area contributed by atoms with Crippen LogP contribution in [-0.2, 0) is 13.0 Å². The van der Waals surface area contributed by atoms with Crippen LogP contribution in [0.3, 0.4) is 0 Å². The third-order valence-corrected chi connectivity index (χ3v) is 3.25. The largest absolute Gasteiger partial charge is 0.326 e. The van der Waals surface area contributed by atoms with Crippen LogP contribution in [0.25, 0.3) is 0 Å². The van der Waals surface area contributed by atoms with Crippen LogP contribution in [0, 0.1) is 0 Å². The lowest BCUT2D eigenvalue weighted by Crippen LogP contribution is -2.09. The van der Waals surface area contributed by atoms with Crippen LogP contribution in [0.5, 0.6) is 0 Å². The number of nitrogens with two attached hydrogens (primary N) is 1. The van der Waals surface area contributed by atoms with E-state index in [-0.39, 0.29) is 0 Å². The highest BCUT2D eigenvalue weighted by atomic mass is 16.1. The molecule has 0 saturated heterocycles. The summed E-state index contributed by atoms with van der Waals surface area (Å²) in [5, 5.41) is 0. The molecule has 0 aromatic heterocycles. The van der Waals surface area contributed by atoms with Gasteiger partial charge in [0.15, 0.2) is 5.78 Å². The molecular formula is C17H19NO. The molecule has 0 unspecified atom stereocenters. The van der Waals surface area contributed by atoms with E-state index in [1.54, 1.807) is 0 Å². The lowest BCUT2D eigenvalue weighted by Gasteiger charge is -2.12. The van der Waals surface area contributed by atoms with Crippen molar-refractivity contribution in [1.82, 2.24) is 0 Å². The standard InChI is InChI=1S/C10H10O.C7H9N/c11-10-7-3-5-8-4-1-2-6-9(8)10;8-6-7-4-2-1-3-5-7/h1-2,4,6H,3,5,7H2;1-5H,6,8H2. The normalized spacial score (nSPS) is 13.2. The Bertz CT molecular complexity index is 534. The van der Waals surface area contributed by atoms with E-state index in [0.29, 0.717) is 12.3 Å². The zero-order chi connectivity index (χ0) is 13.5. The van der Waals surface area contributed by atoms with Crippen LogP contribution in [-0.4, -0.2) is 5.78 Å². The summed E-state index contributed by atoms with van der Waals surface area (Å²) in [7, 11) is 0. The highest BCUT2D eigenvalue weighted by molar-refractivity contribution is 5.98. The molecule has 0 bridgehead atoms. The average Bonchev–Trinajstić information content (AvgIpc) is 2.49. The smallest absolute Gasteiger partial charge is 0.163 e. The lowest BCUT2D eigenvalue weighted by atomic mass is 9.91. The predicted octanol–water partition coefficient (Wildman–Crippen LogP) is 3.35. The van der Waals surface area contributed by atoms with Gasteiger partial charge in [-0.05, 0) is 24.0 Å². The first-order valence-corrected chi connectivity index (χ1v) is 6.66. The molecule has 0 heterocycles. The second kappa shape index (κ2) is 6.86. The third kappa shape index (κ3) is 3.76. The van der Waals surface area contributed by atoms with E-state index in [4.69, 9.17) is 5.73 Å². The first-order chi connectivity index (χ1) is 9.31. The zero-order valence-electron chi connectivity index (χ0n) is 11.0. The van der Waals surface area contributed by atoms with Gasteiger partial charge in [-0.25, -0.2) is 0 Å². The van der Waals surface area contributed by atoms with Crippen molar-refractivity contribution in [1.29, 1.82) is 0 Å². The van der Waals surface area contributed by atoms with E-state index >= 15 is 0 Å². The number of carbonyl (C=O) groups is 1. The minimum atomic E-state index is 0.312. The molecule has 2 N–H and O–H groups in total. The molecule has 0 atom stereocenters. The molecule has 2 nitrogen and oxygen atoms in total. The molecular weight excluding hydrogens is 234 g/mol. The van der Waals surface area contributed by atoms with Crippen molar-refractivity contribution in [2.45, 2.75) is 25.8 Å². The first kappa shape index (κ1) is 13.5. The van der Waals surface area contributed by atoms with Gasteiger partial charge in [0.25, 0.3) is 0 Å². The van der Waals surface area contributed by atoms with E-state index < -0.39 is 0 Å². The monoisotopic (exact) mass is 253 g/mol. The van der Waals surface area contributed by atoms with Crippen LogP contribution >= 0.6 is 0 Å². The molecule has 0 radical (unpaired) electrons. The van der Waals surface area contributed by atoms with Gasteiger partial charge < -0.3 is 5.73 Å². The summed E-state index contributed by atoms with van der Waals surface area (Å²) in [6.45, 7) is 0.640. The second-order valence-electron chi connectivity index (χ2n) is 4.62. The molecule has 1 aliphatic carbocycles. The van der Waals surface area contributed by atoms with E-state index in [0.717, 1.165) is 24.8 Å². The van der Waals surface area contributed by atoms with E-state index in [9.17, 15) is 4.79 Å². The highest BCUT2D eigenvalue weighted by Gasteiger charge is 2.14. The van der Waals surface area contributed by atoms with Gasteiger partial charge in [0.1, 0.15) is 0 Å². The Morgan fingerprint density at radius 3 is 2.21 bits per heavy atom. The maximum absolute atomic E-state index is 11.3. The number of aryl methyl sites for hydroxylation is 1. The number of hydrogen-bond donors (Lipinski definition) is 1. The fraction of sp³-hybridized carbons (Fsp3) is 0.235. The van der Waals surface area contributed by atoms with Gasteiger partial charge >= 0.3 is 0 Å². The first-order valence-electron chi connectivity index (χ1n) is 6.66. The number of benzene rings is 2. The van der Waals surface area contributed by atoms with E-state index in [1.807, 2.05) is 54.6 Å². The van der Waals surface area contributed by atoms with E-state index in [2.05, 4.69) is 0 Å². The zero-order valence-corrected chi connectivity index (χ0v) is 11.0. The van der Waals surface area contributed by atoms with Crippen LogP contribution in [0.15, 0.2) is 54.6 Å². The van der Waals surface area contributed by atoms with Gasteiger partial charge in [-0.15, -0.1) is 0 Å². The molecule has 2 heteroatoms. The Morgan fingerprint density at radius 1 is 0.895 bits per heavy atom. The average molecular weight is 253 g/mol. The summed E-state index contributed by atoms with van der Waals surface area (Å²) in [4.78, 5) is 11.3. The molecule has 2 aromatic carbocycles. The van der Waals surface area contributed by atoms with Crippen molar-refractivity contribution >= 4 is 5.78 Å². The molecule has 0 saturated carbocycles. The Kier molecular flexibility index (Phi) is 4.87. The SMILES string of the molecule is NCc1ccccc1.O=C1CCCc2ccccc21. The number of hydrogen-bond acceptors (Lipinski definition) is 2. The van der Waals surface area contributed by atoms with Crippen LogP contribution in [0.2, 0.25) is 0 Å². The Balaban J connectivity index is 0.000000148. The Hall–Kier alpha value is -1.93. The molecule has 0 amide bonds. The Morgan fingerprint density at radius 2 is 1.58 bits per heavy atom. The van der Waals surface area contributed by atoms with Crippen molar-refractivity contribution in [2.24, 2.45) is 5.73 Å². The summed E-state index contributed by atoms with van der Waals surface area (Å²) in [5.41, 5.74) is 8.71. The van der Waals surface area contributed by atoms with Crippen LogP contribution in [0.1, 0.15) is 34.3 Å².